The molecule has 0 unspecified atom stereocenters. The third-order valence-electron chi connectivity index (χ3n) is 26.7. The molecule has 0 aromatic heterocycles. The monoisotopic (exact) mass is 2150 g/mol. The van der Waals surface area contributed by atoms with Crippen LogP contribution in [0.5, 0.6) is 0 Å². The molecule has 0 bridgehead atoms. The summed E-state index contributed by atoms with van der Waals surface area (Å²) in [6.45, 7) is -8.82. The zero-order chi connectivity index (χ0) is 109. The van der Waals surface area contributed by atoms with E-state index in [1.807, 2.05) is 0 Å². The van der Waals surface area contributed by atoms with Gasteiger partial charge in [-0.2, -0.15) is 0 Å². The van der Waals surface area contributed by atoms with Crippen molar-refractivity contribution >= 4 is 29.5 Å². The van der Waals surface area contributed by atoms with Gasteiger partial charge in [0.2, 0.25) is 29.5 Å². The minimum atomic E-state index is -2.77. The summed E-state index contributed by atoms with van der Waals surface area (Å²) in [4.78, 5) is 65.8. The van der Waals surface area contributed by atoms with Crippen molar-refractivity contribution < 1.29 is 297 Å². The third-order valence-corrected chi connectivity index (χ3v) is 26.7. The number of rotatable bonds is 42. The number of nitrogens with one attached hydrogen (secondary N) is 5. The highest BCUT2D eigenvalue weighted by Gasteiger charge is 2.63. The first-order valence-corrected chi connectivity index (χ1v) is 46.9. The van der Waals surface area contributed by atoms with Crippen LogP contribution in [0.15, 0.2) is 0 Å². The molecule has 11 aliphatic heterocycles. The molecule has 11 rings (SSSR count). The molecule has 0 saturated carbocycles. The summed E-state index contributed by atoms with van der Waals surface area (Å²) in [7, 11) is 0. The maximum atomic E-state index is 13.5. The van der Waals surface area contributed by atoms with Crippen molar-refractivity contribution in [3.05, 3.63) is 0 Å². The van der Waals surface area contributed by atoms with Crippen molar-refractivity contribution in [1.29, 1.82) is 0 Å². The van der Waals surface area contributed by atoms with Gasteiger partial charge in [-0.1, -0.05) is 0 Å². The summed E-state index contributed by atoms with van der Waals surface area (Å²) in [5.74, 6) is -5.11. The van der Waals surface area contributed by atoms with Crippen LogP contribution in [0.25, 0.3) is 0 Å². The highest BCUT2D eigenvalue weighted by Crippen LogP contribution is 2.43. The standard InChI is InChI=1S/C82H139N5O60/c1-19-41(104)52(115)57(120)76(128-19)126-17-26(103)63(42(105)25(7-88)83-20(2)98)139-72-37(84-21(3)99)48(111)67(34(15-96)133-72)144-80-62(125)69(145-82-70(56(119)46(109)30(11-92)132-82)146-74-39(86-23(5)101)50(113)65(32(13-94)135-74)142-78-59(122)54(117)44(107)28(9-90)130-78)47(110)36(138-80)18-127-81-71(147-75-40(87-24(6)102)51(114)66(33(14-95)136-75)143-79-60(123)55(118)45(108)29(10-91)131-79)61(124)68(35(16-97)137-81)140-73-38(85-22(4)100)49(112)64(31(12-93)134-73)141-77-58(121)53(116)43(106)27(8-89)129-77/h19,25-82,88-97,103-125H,7-18H2,1-6H3,(H,83,98)(H,84,99)(H,85,100)(H,86,101)(H,87,102)/t19-,25-,26+,27+,28+,29+,30+,31+,32+,33+,34+,35+,36+,37+,38+,39+,40+,41+,42+,43-,44-,45-,46+,47+,48+,49+,50+,51+,52+,53-,54-,55-,56-,57-,58+,59+,60+,61-,62-,63+,64+,65+,66+,67+,68+,69-,70-,71-,72-,73-,74-,75-,76+,77-,78-,79-,80-,81-,82+/m0/s1. The molecular formula is C82H139N5O60. The lowest BCUT2D eigenvalue weighted by Crippen LogP contribution is -2.71. The number of aliphatic hydroxyl groups is 33. The molecule has 11 fully saturated rings. The molecule has 65 heteroatoms. The van der Waals surface area contributed by atoms with E-state index in [0.29, 0.717) is 0 Å². The summed E-state index contributed by atoms with van der Waals surface area (Å²) in [6, 6.07) is -10.2. The minimum absolute atomic E-state index is 0.850. The molecule has 11 heterocycles. The van der Waals surface area contributed by atoms with Gasteiger partial charge in [0, 0.05) is 34.6 Å². The van der Waals surface area contributed by atoms with Crippen molar-refractivity contribution in [2.24, 2.45) is 0 Å². The minimum Gasteiger partial charge on any atom is -0.394 e. The molecule has 5 amide bonds. The number of hydrogen-bond acceptors (Lipinski definition) is 60. The fraction of sp³-hybridized carbons (Fsp3) is 0.939. The summed E-state index contributed by atoms with van der Waals surface area (Å²) in [5.41, 5.74) is 0. The van der Waals surface area contributed by atoms with E-state index in [1.54, 1.807) is 0 Å². The first-order chi connectivity index (χ1) is 69.5. The van der Waals surface area contributed by atoms with E-state index >= 15 is 0 Å². The van der Waals surface area contributed by atoms with Crippen LogP contribution in [-0.2, 0) is 128 Å². The maximum Gasteiger partial charge on any atom is 0.217 e. The average Bonchev–Trinajstić information content (AvgIpc) is 0.763. The second-order valence-corrected chi connectivity index (χ2v) is 37.1. The number of carbonyl (C=O) groups is 5. The van der Waals surface area contributed by atoms with Gasteiger partial charge in [0.15, 0.2) is 69.2 Å². The summed E-state index contributed by atoms with van der Waals surface area (Å²) < 4.78 is 132. The number of aliphatic hydroxyl groups excluding tert-OH is 33. The molecule has 65 nitrogen and oxygen atoms in total. The van der Waals surface area contributed by atoms with Gasteiger partial charge in [0.25, 0.3) is 0 Å². The SMILES string of the molecule is CC(=O)N[C@H]1[C@H](O[C@@H]([C@H](O)[C@H](CO)NC(C)=O)[C@H](O)CO[C@@H]2O[C@@H](C)[C@@H](O)[C@@H](O)[C@@H]2O)O[C@H](CO)[C@@H](O[C@@H]2O[C@H](CO[C@H]3O[C@H](CO)[C@@H](O[C@@H]4O[C@H](CO)[C@@H](O[C@@H]5O[C@H](CO)[C@H](O)[C@H](O)[C@H]5O)[C@H](O)[C@H]4NC(C)=O)[C@H](O)[C@@H]3O[C@@H]3O[C@H](CO)[C@@H](O[C@@H]4O[C@H](CO)[C@H](O)[C@H](O)[C@H]4O)[C@H](O)[C@H]3NC(C)=O)[C@@H](O)[C@H](O[C@H]3O[C@H](CO)[C@@H](O)[C@H](O)[C@@H]3O[C@@H]3O[C@H](CO)[C@@H](O[C@@H]4O[C@H](CO)[C@H](O)[C@H](O)[C@H]4O)[C@H](O)[C@H]3NC(C)=O)[C@@H]2O)[C@@H]1O. The fourth-order valence-corrected chi connectivity index (χ4v) is 18.8. The van der Waals surface area contributed by atoms with Gasteiger partial charge in [-0.25, -0.2) is 0 Å². The lowest BCUT2D eigenvalue weighted by molar-refractivity contribution is -0.401. The lowest BCUT2D eigenvalue weighted by atomic mass is 9.93. The van der Waals surface area contributed by atoms with Crippen molar-refractivity contribution in [2.75, 3.05) is 79.3 Å². The predicted molar refractivity (Wildman–Crippen MR) is 454 cm³/mol. The quantitative estimate of drug-likeness (QED) is 0.0270. The molecule has 0 aromatic carbocycles. The molecule has 0 spiro atoms. The molecule has 852 valence electrons. The number of hydrogen-bond donors (Lipinski definition) is 38. The van der Waals surface area contributed by atoms with Gasteiger partial charge in [-0.15, -0.1) is 0 Å². The Labute approximate surface area is 833 Å². The Morgan fingerprint density at radius 1 is 0.252 bits per heavy atom. The Kier molecular flexibility index (Phi) is 45.1. The second kappa shape index (κ2) is 54.2. The molecule has 0 aliphatic carbocycles. The van der Waals surface area contributed by atoms with Crippen LogP contribution in [0.4, 0.5) is 0 Å². The Balaban J connectivity index is 0.986. The lowest BCUT2D eigenvalue weighted by Gasteiger charge is -2.51. The van der Waals surface area contributed by atoms with Crippen LogP contribution in [0.3, 0.4) is 0 Å². The first kappa shape index (κ1) is 122. The van der Waals surface area contributed by atoms with E-state index in [9.17, 15) is 192 Å². The highest BCUT2D eigenvalue weighted by molar-refractivity contribution is 5.75. The number of ether oxygens (including phenoxy) is 22. The van der Waals surface area contributed by atoms with Gasteiger partial charge >= 0.3 is 0 Å². The molecule has 0 aromatic rings. The first-order valence-electron chi connectivity index (χ1n) is 46.9. The van der Waals surface area contributed by atoms with Gasteiger partial charge in [0.05, 0.1) is 91.4 Å². The van der Waals surface area contributed by atoms with Gasteiger partial charge < -0.3 is 299 Å². The second-order valence-electron chi connectivity index (χ2n) is 37.1. The Morgan fingerprint density at radius 3 is 0.884 bits per heavy atom. The van der Waals surface area contributed by atoms with Crippen LogP contribution in [0.2, 0.25) is 0 Å². The van der Waals surface area contributed by atoms with E-state index in [2.05, 4.69) is 26.6 Å². The van der Waals surface area contributed by atoms with E-state index in [-0.39, 0.29) is 0 Å². The summed E-state index contributed by atoms with van der Waals surface area (Å²) in [5, 5.41) is 384. The van der Waals surface area contributed by atoms with E-state index in [4.69, 9.17) is 104 Å². The molecule has 11 aliphatic rings. The maximum absolute atomic E-state index is 13.5. The van der Waals surface area contributed by atoms with Crippen molar-refractivity contribution in [3.63, 3.8) is 0 Å². The van der Waals surface area contributed by atoms with E-state index in [1.165, 1.54) is 6.92 Å². The van der Waals surface area contributed by atoms with Gasteiger partial charge in [0.1, 0.15) is 281 Å². The van der Waals surface area contributed by atoms with Crippen LogP contribution in [-0.4, -0.2) is 639 Å². The van der Waals surface area contributed by atoms with Crippen molar-refractivity contribution in [3.8, 4) is 0 Å². The van der Waals surface area contributed by atoms with E-state index < -0.39 is 471 Å². The third kappa shape index (κ3) is 27.9. The summed E-state index contributed by atoms with van der Waals surface area (Å²) in [6.07, 6.45) is -118. The zero-order valence-electron chi connectivity index (χ0n) is 79.3. The Morgan fingerprint density at radius 2 is 0.531 bits per heavy atom. The molecule has 59 atom stereocenters. The normalized spacial score (nSPS) is 47.3. The molecule has 38 N–H and O–H groups in total. The van der Waals surface area contributed by atoms with E-state index in [0.717, 1.165) is 34.6 Å². The predicted octanol–water partition coefficient (Wildman–Crippen LogP) is -25.8. The van der Waals surface area contributed by atoms with Gasteiger partial charge in [-0.3, -0.25) is 24.0 Å². The molecule has 147 heavy (non-hydrogen) atoms. The highest BCUT2D eigenvalue weighted by atomic mass is 16.8. The molecule has 0 radical (unpaired) electrons. The number of amides is 5. The van der Waals surface area contributed by atoms with Crippen LogP contribution in [0, 0.1) is 0 Å². The van der Waals surface area contributed by atoms with Crippen LogP contribution in [0.1, 0.15) is 41.5 Å². The zero-order valence-corrected chi connectivity index (χ0v) is 79.3. The Hall–Kier alpha value is -4.85. The average molecular weight is 2150 g/mol. The Bertz CT molecular complexity index is 4050. The van der Waals surface area contributed by atoms with Crippen LogP contribution < -0.4 is 26.6 Å². The largest absolute Gasteiger partial charge is 0.394 e. The van der Waals surface area contributed by atoms with Gasteiger partial charge in [-0.05, 0) is 6.92 Å². The van der Waals surface area contributed by atoms with Crippen molar-refractivity contribution in [1.82, 2.24) is 26.6 Å². The molecule has 11 saturated heterocycles. The topological polar surface area (TPSA) is 1020 Å². The van der Waals surface area contributed by atoms with Crippen LogP contribution >= 0.6 is 0 Å². The van der Waals surface area contributed by atoms with Crippen molar-refractivity contribution in [2.45, 2.75) is 403 Å². The molecular weight excluding hydrogens is 2010 g/mol. The fourth-order valence-electron chi connectivity index (χ4n) is 18.8. The summed E-state index contributed by atoms with van der Waals surface area (Å²) >= 11 is 0. The number of carbonyl (C=O) groups excluding carboxylic acids is 5. The smallest absolute Gasteiger partial charge is 0.217 e.